The highest BCUT2D eigenvalue weighted by atomic mass is 35.5. The Morgan fingerprint density at radius 3 is 2.54 bits per heavy atom. The highest BCUT2D eigenvalue weighted by Crippen LogP contribution is 2.29. The Labute approximate surface area is 160 Å². The number of nitrogens with zero attached hydrogens (tertiary/aromatic N) is 2. The molecule has 0 bridgehead atoms. The maximum Gasteiger partial charge on any atom is 0.256 e. The van der Waals surface area contributed by atoms with Gasteiger partial charge < -0.3 is 10.2 Å². The molecule has 0 aliphatic rings. The van der Waals surface area contributed by atoms with E-state index in [0.29, 0.717) is 33.4 Å². The van der Waals surface area contributed by atoms with Gasteiger partial charge in [-0.1, -0.05) is 41.4 Å². The molecule has 2 amide bonds. The van der Waals surface area contributed by atoms with E-state index < -0.39 is 0 Å². The summed E-state index contributed by atoms with van der Waals surface area (Å²) in [6.45, 7) is 2.05. The predicted molar refractivity (Wildman–Crippen MR) is 103 cm³/mol. The number of H-pyrrole nitrogens is 1. The van der Waals surface area contributed by atoms with Crippen molar-refractivity contribution in [3.8, 4) is 0 Å². The van der Waals surface area contributed by atoms with Crippen LogP contribution in [0.25, 0.3) is 10.9 Å². The van der Waals surface area contributed by atoms with Crippen molar-refractivity contribution in [2.24, 2.45) is 0 Å². The molecule has 3 aromatic rings. The summed E-state index contributed by atoms with van der Waals surface area (Å²) in [6, 6.07) is 10.3. The number of amides is 2. The number of nitrogens with one attached hydrogen (secondary N) is 2. The minimum Gasteiger partial charge on any atom is -0.330 e. The molecule has 6 nitrogen and oxygen atoms in total. The topological polar surface area (TPSA) is 78.1 Å². The lowest BCUT2D eigenvalue weighted by Crippen LogP contribution is -2.38. The number of para-hydroxylation sites is 2. The van der Waals surface area contributed by atoms with Gasteiger partial charge in [0.1, 0.15) is 6.54 Å². The third-order valence-corrected chi connectivity index (χ3v) is 4.57. The molecule has 0 saturated heterocycles. The van der Waals surface area contributed by atoms with Gasteiger partial charge >= 0.3 is 0 Å². The molecule has 3 rings (SSSR count). The first-order valence-corrected chi connectivity index (χ1v) is 8.72. The summed E-state index contributed by atoms with van der Waals surface area (Å²) in [7, 11) is 0. The number of aromatic amines is 1. The van der Waals surface area contributed by atoms with E-state index in [1.807, 2.05) is 6.07 Å². The number of hydrogen-bond acceptors (Lipinski definition) is 3. The first-order valence-electron chi connectivity index (χ1n) is 7.96. The van der Waals surface area contributed by atoms with Crippen molar-refractivity contribution in [2.75, 3.05) is 18.4 Å². The highest BCUT2D eigenvalue weighted by Gasteiger charge is 2.21. The fourth-order valence-electron chi connectivity index (χ4n) is 2.61. The van der Waals surface area contributed by atoms with Crippen molar-refractivity contribution in [1.82, 2.24) is 15.1 Å². The first-order chi connectivity index (χ1) is 12.5. The molecule has 0 atom stereocenters. The monoisotopic (exact) mass is 390 g/mol. The minimum atomic E-state index is -0.382. The highest BCUT2D eigenvalue weighted by molar-refractivity contribution is 6.39. The summed E-state index contributed by atoms with van der Waals surface area (Å²) >= 11 is 12.1. The maximum absolute atomic E-state index is 12.9. The number of hydrogen-bond donors (Lipinski definition) is 2. The Morgan fingerprint density at radius 1 is 1.15 bits per heavy atom. The van der Waals surface area contributed by atoms with Gasteiger partial charge in [-0.3, -0.25) is 14.7 Å². The van der Waals surface area contributed by atoms with Crippen LogP contribution in [0.15, 0.2) is 42.6 Å². The van der Waals surface area contributed by atoms with Crippen molar-refractivity contribution < 1.29 is 9.59 Å². The van der Waals surface area contributed by atoms with Crippen LogP contribution < -0.4 is 5.32 Å². The van der Waals surface area contributed by atoms with Crippen molar-refractivity contribution in [3.05, 3.63) is 58.2 Å². The second-order valence-electron chi connectivity index (χ2n) is 5.60. The molecular weight excluding hydrogens is 375 g/mol. The molecule has 0 aliphatic heterocycles. The van der Waals surface area contributed by atoms with Crippen LogP contribution in [0.2, 0.25) is 10.0 Å². The summed E-state index contributed by atoms with van der Waals surface area (Å²) < 4.78 is 0. The second-order valence-corrected chi connectivity index (χ2v) is 6.42. The average molecular weight is 391 g/mol. The van der Waals surface area contributed by atoms with Gasteiger partial charge in [0.15, 0.2) is 0 Å². The normalized spacial score (nSPS) is 10.7. The minimum absolute atomic E-state index is 0.124. The average Bonchev–Trinajstić information content (AvgIpc) is 3.11. The summed E-state index contributed by atoms with van der Waals surface area (Å²) in [5, 5.41) is 11.0. The number of benzene rings is 2. The number of likely N-dealkylation sites (N-methyl/N-ethyl adjacent to an activating group) is 1. The zero-order chi connectivity index (χ0) is 18.7. The molecule has 0 radical (unpaired) electrons. The smallest absolute Gasteiger partial charge is 0.256 e. The molecule has 0 unspecified atom stereocenters. The lowest BCUT2D eigenvalue weighted by atomic mass is 10.1. The van der Waals surface area contributed by atoms with Crippen LogP contribution in [0.4, 0.5) is 5.69 Å². The quantitative estimate of drug-likeness (QED) is 0.691. The van der Waals surface area contributed by atoms with Crippen LogP contribution in [-0.2, 0) is 4.79 Å². The van der Waals surface area contributed by atoms with E-state index in [1.54, 1.807) is 43.5 Å². The lowest BCUT2D eigenvalue weighted by molar-refractivity contribution is -0.116. The number of halogens is 2. The number of anilines is 1. The Bertz CT molecular complexity index is 950. The van der Waals surface area contributed by atoms with Gasteiger partial charge in [0, 0.05) is 11.9 Å². The van der Waals surface area contributed by atoms with Crippen molar-refractivity contribution in [3.63, 3.8) is 0 Å². The molecule has 0 saturated carbocycles. The fourth-order valence-corrected chi connectivity index (χ4v) is 3.11. The second kappa shape index (κ2) is 7.76. The van der Waals surface area contributed by atoms with Crippen LogP contribution in [0.5, 0.6) is 0 Å². The molecule has 1 heterocycles. The Hall–Kier alpha value is -2.57. The van der Waals surface area contributed by atoms with E-state index in [9.17, 15) is 9.59 Å². The van der Waals surface area contributed by atoms with Gasteiger partial charge in [0.05, 0.1) is 33.0 Å². The maximum atomic E-state index is 12.9. The molecule has 0 fully saturated rings. The summed E-state index contributed by atoms with van der Waals surface area (Å²) in [4.78, 5) is 26.7. The standard InChI is InChI=1S/C18H16Cl2N4O2/c1-2-24(10-15(25)22-17-13(19)7-4-8-14(17)20)18(26)12-6-3-5-11-9-21-23-16(11)12/h3-9H,2,10H2,1H3,(H,21,23)(H,22,25). The zero-order valence-electron chi connectivity index (χ0n) is 13.9. The van der Waals surface area contributed by atoms with Gasteiger partial charge in [-0.05, 0) is 25.1 Å². The van der Waals surface area contributed by atoms with Crippen molar-refractivity contribution >= 4 is 51.6 Å². The van der Waals surface area contributed by atoms with E-state index in [-0.39, 0.29) is 18.4 Å². The number of fused-ring (bicyclic) bond motifs is 1. The van der Waals surface area contributed by atoms with E-state index in [0.717, 1.165) is 5.39 Å². The van der Waals surface area contributed by atoms with Crippen LogP contribution in [0.1, 0.15) is 17.3 Å². The molecule has 1 aromatic heterocycles. The van der Waals surface area contributed by atoms with Crippen molar-refractivity contribution in [1.29, 1.82) is 0 Å². The summed E-state index contributed by atoms with van der Waals surface area (Å²) in [5.74, 6) is -0.644. The van der Waals surface area contributed by atoms with Gasteiger partial charge in [-0.15, -0.1) is 0 Å². The zero-order valence-corrected chi connectivity index (χ0v) is 15.4. The van der Waals surface area contributed by atoms with Gasteiger partial charge in [-0.25, -0.2) is 0 Å². The van der Waals surface area contributed by atoms with Gasteiger partial charge in [0.2, 0.25) is 5.91 Å². The third kappa shape index (κ3) is 3.66. The summed E-state index contributed by atoms with van der Waals surface area (Å²) in [6.07, 6.45) is 1.65. The fraction of sp³-hybridized carbons (Fsp3) is 0.167. The van der Waals surface area contributed by atoms with E-state index >= 15 is 0 Å². The van der Waals surface area contributed by atoms with E-state index in [4.69, 9.17) is 23.2 Å². The molecule has 2 aromatic carbocycles. The number of carbonyl (C=O) groups is 2. The van der Waals surface area contributed by atoms with E-state index in [1.165, 1.54) is 4.90 Å². The van der Waals surface area contributed by atoms with E-state index in [2.05, 4.69) is 15.5 Å². The molecule has 0 aliphatic carbocycles. The Morgan fingerprint density at radius 2 is 1.85 bits per heavy atom. The third-order valence-electron chi connectivity index (χ3n) is 3.94. The van der Waals surface area contributed by atoms with Crippen molar-refractivity contribution in [2.45, 2.75) is 6.92 Å². The largest absolute Gasteiger partial charge is 0.330 e. The molecule has 26 heavy (non-hydrogen) atoms. The SMILES string of the molecule is CCN(CC(=O)Nc1c(Cl)cccc1Cl)C(=O)c1cccc2cn[nH]c12. The number of carbonyl (C=O) groups excluding carboxylic acids is 2. The van der Waals surface area contributed by atoms with Crippen LogP contribution in [-0.4, -0.2) is 40.0 Å². The van der Waals surface area contributed by atoms with Gasteiger partial charge in [-0.2, -0.15) is 5.10 Å². The summed E-state index contributed by atoms with van der Waals surface area (Å²) in [5.41, 5.74) is 1.44. The number of rotatable bonds is 5. The number of aromatic nitrogens is 2. The van der Waals surface area contributed by atoms with Crippen LogP contribution >= 0.6 is 23.2 Å². The molecule has 2 N–H and O–H groups in total. The molecular formula is C18H16Cl2N4O2. The Balaban J connectivity index is 1.78. The van der Waals surface area contributed by atoms with Crippen LogP contribution in [0.3, 0.4) is 0 Å². The van der Waals surface area contributed by atoms with Gasteiger partial charge in [0.25, 0.3) is 5.91 Å². The van der Waals surface area contributed by atoms with Crippen LogP contribution in [0, 0.1) is 0 Å². The lowest BCUT2D eigenvalue weighted by Gasteiger charge is -2.21. The molecule has 0 spiro atoms. The molecule has 134 valence electrons. The predicted octanol–water partition coefficient (Wildman–Crippen LogP) is 3.97. The first kappa shape index (κ1) is 18.2. The Kier molecular flexibility index (Phi) is 5.44. The molecule has 8 heteroatoms.